The molecule has 0 unspecified atom stereocenters. The Morgan fingerprint density at radius 3 is 2.26 bits per heavy atom. The maximum absolute atomic E-state index is 12.8. The molecule has 3 aromatic rings. The summed E-state index contributed by atoms with van der Waals surface area (Å²) in [5.74, 6) is 0.316. The van der Waals surface area contributed by atoms with E-state index in [-0.39, 0.29) is 11.7 Å². The van der Waals surface area contributed by atoms with Crippen molar-refractivity contribution in [3.05, 3.63) is 84.2 Å². The standard InChI is InChI=1S/C28H34N4O2/c1-3-31(4-2)28(34)23-8-10-24(11-9-23)32(26-6-5-7-27(33)20-26)25-14-18-30(19-15-25)21-22-12-16-29-17-13-22/h5-13,16-17,20,25,33H,3-4,14-15,18-19,21H2,1-2H3. The van der Waals surface area contributed by atoms with Crippen molar-refractivity contribution in [2.24, 2.45) is 0 Å². The number of benzene rings is 2. The van der Waals surface area contributed by atoms with Gasteiger partial charge in [-0.2, -0.15) is 0 Å². The summed E-state index contributed by atoms with van der Waals surface area (Å²) < 4.78 is 0. The number of carbonyl (C=O) groups is 1. The highest BCUT2D eigenvalue weighted by Gasteiger charge is 2.27. The zero-order valence-electron chi connectivity index (χ0n) is 20.1. The predicted octanol–water partition coefficient (Wildman–Crippen LogP) is 5.07. The first-order chi connectivity index (χ1) is 16.6. The molecule has 4 rings (SSSR count). The maximum Gasteiger partial charge on any atom is 0.253 e. The molecule has 0 aliphatic carbocycles. The number of phenolic OH excluding ortho intramolecular Hbond substituents is 1. The Morgan fingerprint density at radius 2 is 1.65 bits per heavy atom. The zero-order chi connectivity index (χ0) is 23.9. The molecule has 0 atom stereocenters. The van der Waals surface area contributed by atoms with Gasteiger partial charge in [0.25, 0.3) is 5.91 Å². The van der Waals surface area contributed by atoms with Crippen LogP contribution in [0.25, 0.3) is 0 Å². The van der Waals surface area contributed by atoms with Crippen LogP contribution in [-0.2, 0) is 6.54 Å². The molecule has 34 heavy (non-hydrogen) atoms. The van der Waals surface area contributed by atoms with Gasteiger partial charge in [-0.1, -0.05) is 6.07 Å². The van der Waals surface area contributed by atoms with Crippen LogP contribution in [0.3, 0.4) is 0 Å². The number of likely N-dealkylation sites (tertiary alicyclic amines) is 1. The van der Waals surface area contributed by atoms with Crippen LogP contribution in [0.4, 0.5) is 11.4 Å². The summed E-state index contributed by atoms with van der Waals surface area (Å²) in [6, 6.07) is 19.8. The van der Waals surface area contributed by atoms with Crippen molar-refractivity contribution in [2.45, 2.75) is 39.3 Å². The van der Waals surface area contributed by atoms with Crippen LogP contribution in [-0.4, -0.2) is 58.0 Å². The van der Waals surface area contributed by atoms with E-state index in [1.807, 2.05) is 73.6 Å². The molecule has 2 heterocycles. The number of hydrogen-bond donors (Lipinski definition) is 1. The summed E-state index contributed by atoms with van der Waals surface area (Å²) in [5, 5.41) is 10.2. The Morgan fingerprint density at radius 1 is 0.971 bits per heavy atom. The molecule has 1 fully saturated rings. The third kappa shape index (κ3) is 5.57. The number of pyridine rings is 1. The normalized spacial score (nSPS) is 14.6. The lowest BCUT2D eigenvalue weighted by atomic mass is 10.00. The average molecular weight is 459 g/mol. The number of aromatic nitrogens is 1. The Hall–Kier alpha value is -3.38. The van der Waals surface area contributed by atoms with E-state index >= 15 is 0 Å². The molecule has 0 saturated carbocycles. The smallest absolute Gasteiger partial charge is 0.253 e. The number of aromatic hydroxyl groups is 1. The van der Waals surface area contributed by atoms with Crippen molar-refractivity contribution < 1.29 is 9.90 Å². The zero-order valence-corrected chi connectivity index (χ0v) is 20.1. The third-order valence-corrected chi connectivity index (χ3v) is 6.63. The Kier molecular flexibility index (Phi) is 7.80. The second kappa shape index (κ2) is 11.2. The third-order valence-electron chi connectivity index (χ3n) is 6.63. The van der Waals surface area contributed by atoms with Crippen molar-refractivity contribution in [3.63, 3.8) is 0 Å². The lowest BCUT2D eigenvalue weighted by Crippen LogP contribution is -2.42. The Balaban J connectivity index is 1.53. The number of nitrogens with zero attached hydrogens (tertiary/aromatic N) is 4. The van der Waals surface area contributed by atoms with E-state index in [1.165, 1.54) is 5.56 Å². The van der Waals surface area contributed by atoms with Crippen LogP contribution in [0.5, 0.6) is 5.75 Å². The highest BCUT2D eigenvalue weighted by Crippen LogP contribution is 2.34. The molecule has 1 saturated heterocycles. The van der Waals surface area contributed by atoms with Gasteiger partial charge < -0.3 is 14.9 Å². The fraction of sp³-hybridized carbons (Fsp3) is 0.357. The number of piperidine rings is 1. The molecule has 1 N–H and O–H groups in total. The van der Waals surface area contributed by atoms with E-state index < -0.39 is 0 Å². The molecular formula is C28H34N4O2. The van der Waals surface area contributed by atoms with E-state index in [9.17, 15) is 9.90 Å². The SMILES string of the molecule is CCN(CC)C(=O)c1ccc(N(c2cccc(O)c2)C2CCN(Cc3ccncc3)CC2)cc1. The van der Waals surface area contributed by atoms with Gasteiger partial charge in [-0.05, 0) is 80.8 Å². The Labute approximate surface area is 202 Å². The minimum absolute atomic E-state index is 0.0601. The first-order valence-corrected chi connectivity index (χ1v) is 12.2. The molecular weight excluding hydrogens is 424 g/mol. The number of anilines is 2. The molecule has 1 aliphatic rings. The summed E-state index contributed by atoms with van der Waals surface area (Å²) in [5.41, 5.74) is 3.99. The van der Waals surface area contributed by atoms with Crippen molar-refractivity contribution in [1.29, 1.82) is 0 Å². The number of amides is 1. The molecule has 0 radical (unpaired) electrons. The summed E-state index contributed by atoms with van der Waals surface area (Å²) in [4.78, 5) is 23.5. The fourth-order valence-corrected chi connectivity index (χ4v) is 4.75. The second-order valence-electron chi connectivity index (χ2n) is 8.78. The number of phenols is 1. The predicted molar refractivity (Wildman–Crippen MR) is 136 cm³/mol. The molecule has 0 bridgehead atoms. The quantitative estimate of drug-likeness (QED) is 0.511. The maximum atomic E-state index is 12.8. The second-order valence-corrected chi connectivity index (χ2v) is 8.78. The van der Waals surface area contributed by atoms with Crippen molar-refractivity contribution in [1.82, 2.24) is 14.8 Å². The lowest BCUT2D eigenvalue weighted by Gasteiger charge is -2.40. The number of hydrogen-bond acceptors (Lipinski definition) is 5. The Bertz CT molecular complexity index is 1060. The van der Waals surface area contributed by atoms with Gasteiger partial charge in [-0.15, -0.1) is 0 Å². The molecule has 6 nitrogen and oxygen atoms in total. The number of rotatable bonds is 8. The van der Waals surface area contributed by atoms with Crippen LogP contribution in [0.15, 0.2) is 73.1 Å². The summed E-state index contributed by atoms with van der Waals surface area (Å²) >= 11 is 0. The molecule has 1 amide bonds. The first-order valence-electron chi connectivity index (χ1n) is 12.2. The highest BCUT2D eigenvalue weighted by molar-refractivity contribution is 5.94. The fourth-order valence-electron chi connectivity index (χ4n) is 4.75. The van der Waals surface area contributed by atoms with E-state index in [4.69, 9.17) is 0 Å². The minimum atomic E-state index is 0.0601. The number of carbonyl (C=O) groups excluding carboxylic acids is 1. The monoisotopic (exact) mass is 458 g/mol. The van der Waals surface area contributed by atoms with Gasteiger partial charge >= 0.3 is 0 Å². The van der Waals surface area contributed by atoms with Crippen LogP contribution in [0.2, 0.25) is 0 Å². The molecule has 0 spiro atoms. The van der Waals surface area contributed by atoms with Crippen molar-refractivity contribution in [3.8, 4) is 5.75 Å². The van der Waals surface area contributed by atoms with Crippen LogP contribution in [0, 0.1) is 0 Å². The van der Waals surface area contributed by atoms with E-state index in [2.05, 4.69) is 26.9 Å². The van der Waals surface area contributed by atoms with Crippen LogP contribution in [0.1, 0.15) is 42.6 Å². The van der Waals surface area contributed by atoms with E-state index in [0.717, 1.165) is 43.9 Å². The van der Waals surface area contributed by atoms with Gasteiger partial charge in [-0.3, -0.25) is 14.7 Å². The van der Waals surface area contributed by atoms with Crippen molar-refractivity contribution >= 4 is 17.3 Å². The first kappa shape index (κ1) is 23.8. The van der Waals surface area contributed by atoms with Gasteiger partial charge in [0.15, 0.2) is 0 Å². The molecule has 6 heteroatoms. The van der Waals surface area contributed by atoms with Gasteiger partial charge in [0.2, 0.25) is 0 Å². The van der Waals surface area contributed by atoms with Gasteiger partial charge in [0.1, 0.15) is 5.75 Å². The van der Waals surface area contributed by atoms with Crippen LogP contribution >= 0.6 is 0 Å². The van der Waals surface area contributed by atoms with Gasteiger partial charge in [0.05, 0.1) is 0 Å². The molecule has 2 aromatic carbocycles. The van der Waals surface area contributed by atoms with Crippen molar-refractivity contribution in [2.75, 3.05) is 31.1 Å². The van der Waals surface area contributed by atoms with E-state index in [1.54, 1.807) is 6.07 Å². The summed E-state index contributed by atoms with van der Waals surface area (Å²) in [7, 11) is 0. The topological polar surface area (TPSA) is 59.9 Å². The van der Waals surface area contributed by atoms with Gasteiger partial charge in [0, 0.05) is 74.2 Å². The molecule has 1 aliphatic heterocycles. The van der Waals surface area contributed by atoms with Gasteiger partial charge in [-0.25, -0.2) is 0 Å². The molecule has 1 aromatic heterocycles. The highest BCUT2D eigenvalue weighted by atomic mass is 16.3. The minimum Gasteiger partial charge on any atom is -0.508 e. The largest absolute Gasteiger partial charge is 0.508 e. The van der Waals surface area contributed by atoms with E-state index in [0.29, 0.717) is 24.7 Å². The van der Waals surface area contributed by atoms with Crippen LogP contribution < -0.4 is 4.90 Å². The summed E-state index contributed by atoms with van der Waals surface area (Å²) in [6.45, 7) is 8.33. The lowest BCUT2D eigenvalue weighted by molar-refractivity contribution is 0.0773. The average Bonchev–Trinajstić information content (AvgIpc) is 2.87. The summed E-state index contributed by atoms with van der Waals surface area (Å²) in [6.07, 6.45) is 5.72. The molecule has 178 valence electrons.